The van der Waals surface area contributed by atoms with Crippen molar-refractivity contribution in [2.24, 2.45) is 0 Å². The van der Waals surface area contributed by atoms with Gasteiger partial charge in [0.25, 0.3) is 0 Å². The molecule has 1 aromatic carbocycles. The predicted molar refractivity (Wildman–Crippen MR) is 90.6 cm³/mol. The highest BCUT2D eigenvalue weighted by Crippen LogP contribution is 2.39. The minimum Gasteiger partial charge on any atom is -0.323 e. The Balaban J connectivity index is 1.55. The third kappa shape index (κ3) is 3.16. The monoisotopic (exact) mass is 344 g/mol. The lowest BCUT2D eigenvalue weighted by atomic mass is 10.3. The van der Waals surface area contributed by atoms with Gasteiger partial charge >= 0.3 is 0 Å². The van der Waals surface area contributed by atoms with E-state index >= 15 is 0 Å². The zero-order valence-corrected chi connectivity index (χ0v) is 13.3. The van der Waals surface area contributed by atoms with Gasteiger partial charge in [-0.25, -0.2) is 9.37 Å². The highest BCUT2D eigenvalue weighted by Gasteiger charge is 2.25. The van der Waals surface area contributed by atoms with Crippen LogP contribution in [0.2, 0.25) is 5.02 Å². The molecule has 4 rings (SSSR count). The Labute approximate surface area is 142 Å². The predicted octanol–water partition coefficient (Wildman–Crippen LogP) is 4.36. The Hall–Kier alpha value is -2.67. The Morgan fingerprint density at radius 1 is 1.21 bits per heavy atom. The maximum absolute atomic E-state index is 14.0. The number of para-hydroxylation sites is 1. The van der Waals surface area contributed by atoms with Gasteiger partial charge in [-0.15, -0.1) is 0 Å². The number of rotatable bonds is 5. The average molecular weight is 345 g/mol. The Morgan fingerprint density at radius 3 is 2.83 bits per heavy atom. The molecule has 1 aliphatic carbocycles. The number of aromatic nitrogens is 4. The van der Waals surface area contributed by atoms with Crippen LogP contribution in [0.4, 0.5) is 27.7 Å². The number of hydrogen-bond donors (Lipinski definition) is 3. The summed E-state index contributed by atoms with van der Waals surface area (Å²) < 4.78 is 14.0. The molecule has 8 heteroatoms. The van der Waals surface area contributed by atoms with Crippen molar-refractivity contribution in [1.82, 2.24) is 20.2 Å². The third-order valence-electron chi connectivity index (χ3n) is 3.73. The van der Waals surface area contributed by atoms with Gasteiger partial charge in [-0.2, -0.15) is 10.1 Å². The van der Waals surface area contributed by atoms with E-state index in [0.717, 1.165) is 24.7 Å². The number of halogens is 2. The molecule has 1 aliphatic rings. The number of aromatic amines is 1. The van der Waals surface area contributed by atoms with Crippen molar-refractivity contribution in [3.05, 3.63) is 53.1 Å². The van der Waals surface area contributed by atoms with E-state index in [0.29, 0.717) is 22.4 Å². The summed E-state index contributed by atoms with van der Waals surface area (Å²) in [6.45, 7) is 0. The van der Waals surface area contributed by atoms with Crippen LogP contribution in [0.15, 0.2) is 36.5 Å². The molecule has 0 atom stereocenters. The maximum Gasteiger partial charge on any atom is 0.229 e. The van der Waals surface area contributed by atoms with Crippen molar-refractivity contribution in [3.63, 3.8) is 0 Å². The van der Waals surface area contributed by atoms with Crippen LogP contribution < -0.4 is 10.6 Å². The first-order chi connectivity index (χ1) is 11.7. The van der Waals surface area contributed by atoms with Gasteiger partial charge in [0.1, 0.15) is 0 Å². The maximum atomic E-state index is 14.0. The molecule has 0 amide bonds. The molecule has 2 heterocycles. The van der Waals surface area contributed by atoms with Crippen molar-refractivity contribution >= 4 is 34.9 Å². The Morgan fingerprint density at radius 2 is 2.04 bits per heavy atom. The number of benzene rings is 1. The van der Waals surface area contributed by atoms with Gasteiger partial charge in [-0.05, 0) is 25.0 Å². The van der Waals surface area contributed by atoms with Gasteiger partial charge < -0.3 is 10.6 Å². The van der Waals surface area contributed by atoms with Crippen LogP contribution in [0.1, 0.15) is 24.5 Å². The van der Waals surface area contributed by atoms with E-state index in [-0.39, 0.29) is 11.8 Å². The van der Waals surface area contributed by atoms with E-state index in [2.05, 4.69) is 30.8 Å². The number of hydrogen-bond acceptors (Lipinski definition) is 5. The van der Waals surface area contributed by atoms with Crippen LogP contribution in [0.3, 0.4) is 0 Å². The first kappa shape index (κ1) is 14.9. The van der Waals surface area contributed by atoms with Crippen molar-refractivity contribution in [1.29, 1.82) is 0 Å². The zero-order valence-electron chi connectivity index (χ0n) is 12.6. The second-order valence-electron chi connectivity index (χ2n) is 5.60. The summed E-state index contributed by atoms with van der Waals surface area (Å²) >= 11 is 6.09. The number of nitrogens with one attached hydrogen (secondary N) is 3. The molecule has 2 aromatic heterocycles. The standard InChI is InChI=1S/C16H14ClFN6/c17-10-3-1-2-4-12(10)20-16-19-8-11(18)15(22-16)21-14-7-13(23-24-14)9-5-6-9/h1-4,7-9H,5-6H2,(H3,19,20,21,22,23,24). The largest absolute Gasteiger partial charge is 0.323 e. The topological polar surface area (TPSA) is 78.5 Å². The molecule has 24 heavy (non-hydrogen) atoms. The summed E-state index contributed by atoms with van der Waals surface area (Å²) in [5.74, 6) is 0.799. The van der Waals surface area contributed by atoms with Crippen molar-refractivity contribution in [3.8, 4) is 0 Å². The fourth-order valence-electron chi connectivity index (χ4n) is 2.32. The quantitative estimate of drug-likeness (QED) is 0.641. The summed E-state index contributed by atoms with van der Waals surface area (Å²) in [5, 5.41) is 13.5. The smallest absolute Gasteiger partial charge is 0.229 e. The van der Waals surface area contributed by atoms with Crippen LogP contribution in [-0.2, 0) is 0 Å². The molecule has 0 spiro atoms. The average Bonchev–Trinajstić information content (AvgIpc) is 3.33. The van der Waals surface area contributed by atoms with Gasteiger partial charge in [0, 0.05) is 17.7 Å². The fraction of sp³-hybridized carbons (Fsp3) is 0.188. The van der Waals surface area contributed by atoms with Crippen LogP contribution in [-0.4, -0.2) is 20.2 Å². The molecule has 6 nitrogen and oxygen atoms in total. The van der Waals surface area contributed by atoms with E-state index in [9.17, 15) is 4.39 Å². The number of nitrogens with zero attached hydrogens (tertiary/aromatic N) is 3. The molecule has 0 bridgehead atoms. The molecule has 1 fully saturated rings. The lowest BCUT2D eigenvalue weighted by Gasteiger charge is -2.09. The van der Waals surface area contributed by atoms with Crippen LogP contribution in [0.25, 0.3) is 0 Å². The SMILES string of the molecule is Fc1cnc(Nc2ccccc2Cl)nc1Nc1cc(C2CC2)[nH]n1. The molecule has 0 saturated heterocycles. The summed E-state index contributed by atoms with van der Waals surface area (Å²) in [6.07, 6.45) is 3.42. The second kappa shape index (κ2) is 6.09. The highest BCUT2D eigenvalue weighted by molar-refractivity contribution is 6.33. The first-order valence-electron chi connectivity index (χ1n) is 7.55. The third-order valence-corrected chi connectivity index (χ3v) is 4.06. The Bertz CT molecular complexity index is 877. The summed E-state index contributed by atoms with van der Waals surface area (Å²) in [4.78, 5) is 8.09. The van der Waals surface area contributed by atoms with E-state index in [4.69, 9.17) is 11.6 Å². The first-order valence-corrected chi connectivity index (χ1v) is 7.93. The Kier molecular flexibility index (Phi) is 3.78. The van der Waals surface area contributed by atoms with Gasteiger partial charge in [0.05, 0.1) is 16.9 Å². The van der Waals surface area contributed by atoms with Crippen LogP contribution in [0.5, 0.6) is 0 Å². The van der Waals surface area contributed by atoms with Gasteiger partial charge in [-0.3, -0.25) is 5.10 Å². The molecule has 122 valence electrons. The number of H-pyrrole nitrogens is 1. The van der Waals surface area contributed by atoms with E-state index < -0.39 is 5.82 Å². The van der Waals surface area contributed by atoms with Crippen molar-refractivity contribution in [2.45, 2.75) is 18.8 Å². The van der Waals surface area contributed by atoms with Gasteiger partial charge in [-0.1, -0.05) is 23.7 Å². The normalized spacial score (nSPS) is 13.8. The van der Waals surface area contributed by atoms with Gasteiger partial charge in [0.15, 0.2) is 17.5 Å². The van der Waals surface area contributed by atoms with Crippen LogP contribution in [0, 0.1) is 5.82 Å². The van der Waals surface area contributed by atoms with Crippen molar-refractivity contribution in [2.75, 3.05) is 10.6 Å². The molecule has 3 aromatic rings. The minimum atomic E-state index is -0.560. The number of anilines is 4. The van der Waals surface area contributed by atoms with E-state index in [1.54, 1.807) is 12.1 Å². The minimum absolute atomic E-state index is 0.0494. The molecular formula is C16H14ClFN6. The van der Waals surface area contributed by atoms with E-state index in [1.165, 1.54) is 0 Å². The molecule has 0 radical (unpaired) electrons. The molecule has 1 saturated carbocycles. The van der Waals surface area contributed by atoms with Gasteiger partial charge in [0.2, 0.25) is 5.95 Å². The van der Waals surface area contributed by atoms with Crippen LogP contribution >= 0.6 is 11.6 Å². The summed E-state index contributed by atoms with van der Waals surface area (Å²) in [7, 11) is 0. The molecule has 0 aliphatic heterocycles. The van der Waals surface area contributed by atoms with Crippen molar-refractivity contribution < 1.29 is 4.39 Å². The molecular weight excluding hydrogens is 331 g/mol. The second-order valence-corrected chi connectivity index (χ2v) is 6.01. The fourth-order valence-corrected chi connectivity index (χ4v) is 2.51. The highest BCUT2D eigenvalue weighted by atomic mass is 35.5. The lowest BCUT2D eigenvalue weighted by molar-refractivity contribution is 0.619. The zero-order chi connectivity index (χ0) is 16.5. The molecule has 3 N–H and O–H groups in total. The summed E-state index contributed by atoms with van der Waals surface area (Å²) in [6, 6.07) is 9.06. The summed E-state index contributed by atoms with van der Waals surface area (Å²) in [5.41, 5.74) is 1.70. The lowest BCUT2D eigenvalue weighted by Crippen LogP contribution is -2.03. The van der Waals surface area contributed by atoms with E-state index in [1.807, 2.05) is 18.2 Å². The molecule has 0 unspecified atom stereocenters.